The Labute approximate surface area is 149 Å². The molecule has 1 aromatic heterocycles. The van der Waals surface area contributed by atoms with Crippen molar-refractivity contribution < 1.29 is 4.79 Å². The van der Waals surface area contributed by atoms with E-state index in [4.69, 9.17) is 0 Å². The average Bonchev–Trinajstić information content (AvgIpc) is 2.60. The van der Waals surface area contributed by atoms with Gasteiger partial charge in [-0.15, -0.1) is 0 Å². The molecular formula is C20H26N4O. The maximum absolute atomic E-state index is 12.7. The lowest BCUT2D eigenvalue weighted by Gasteiger charge is -2.34. The number of hydrogen-bond acceptors (Lipinski definition) is 4. The molecule has 1 saturated heterocycles. The molecule has 0 spiro atoms. The number of hydrogen-bond donors (Lipinski definition) is 1. The normalized spacial score (nSPS) is 18.1. The van der Waals surface area contributed by atoms with Crippen LogP contribution in [0.1, 0.15) is 41.9 Å². The second-order valence-corrected chi connectivity index (χ2v) is 6.78. The molecule has 25 heavy (non-hydrogen) atoms. The molecule has 0 bridgehead atoms. The maximum Gasteiger partial charge on any atom is 0.237 e. The van der Waals surface area contributed by atoms with Crippen LogP contribution in [0.2, 0.25) is 0 Å². The standard InChI is InChI=1S/C20H26N4O/c1-15-6-5-7-17(12-15)14-24-11-4-3-8-19(24)20(25)22-13-18-9-10-21-16(2)23-18/h5-7,9-10,12,19H,3-4,8,11,13-14H2,1-2H3,(H,22,25). The largest absolute Gasteiger partial charge is 0.349 e. The average molecular weight is 338 g/mol. The monoisotopic (exact) mass is 338 g/mol. The first-order valence-electron chi connectivity index (χ1n) is 8.97. The van der Waals surface area contributed by atoms with Crippen LogP contribution in [-0.4, -0.2) is 33.4 Å². The van der Waals surface area contributed by atoms with Crippen molar-refractivity contribution in [1.29, 1.82) is 0 Å². The van der Waals surface area contributed by atoms with E-state index in [-0.39, 0.29) is 11.9 Å². The van der Waals surface area contributed by atoms with Crippen LogP contribution in [0.4, 0.5) is 0 Å². The molecule has 1 amide bonds. The van der Waals surface area contributed by atoms with Gasteiger partial charge in [0.05, 0.1) is 18.3 Å². The van der Waals surface area contributed by atoms with Crippen LogP contribution >= 0.6 is 0 Å². The summed E-state index contributed by atoms with van der Waals surface area (Å²) in [6.07, 6.45) is 4.91. The fraction of sp³-hybridized carbons (Fsp3) is 0.450. The number of rotatable bonds is 5. The summed E-state index contributed by atoms with van der Waals surface area (Å²) in [5.74, 6) is 0.828. The second-order valence-electron chi connectivity index (χ2n) is 6.78. The molecular weight excluding hydrogens is 312 g/mol. The van der Waals surface area contributed by atoms with Gasteiger partial charge in [-0.3, -0.25) is 9.69 Å². The smallest absolute Gasteiger partial charge is 0.237 e. The topological polar surface area (TPSA) is 58.1 Å². The Balaban J connectivity index is 1.62. The molecule has 5 heteroatoms. The summed E-state index contributed by atoms with van der Waals surface area (Å²) in [5, 5.41) is 3.05. The molecule has 1 aliphatic heterocycles. The molecule has 1 fully saturated rings. The molecule has 2 heterocycles. The zero-order valence-corrected chi connectivity index (χ0v) is 15.0. The van der Waals surface area contributed by atoms with Gasteiger partial charge >= 0.3 is 0 Å². The zero-order chi connectivity index (χ0) is 17.6. The van der Waals surface area contributed by atoms with Gasteiger partial charge in [0, 0.05) is 12.7 Å². The Hall–Kier alpha value is -2.27. The minimum Gasteiger partial charge on any atom is -0.349 e. The third-order valence-corrected chi connectivity index (χ3v) is 4.66. The third kappa shape index (κ3) is 4.86. The van der Waals surface area contributed by atoms with Crippen molar-refractivity contribution in [2.24, 2.45) is 0 Å². The summed E-state index contributed by atoms with van der Waals surface area (Å²) < 4.78 is 0. The van der Waals surface area contributed by atoms with E-state index in [2.05, 4.69) is 51.4 Å². The lowest BCUT2D eigenvalue weighted by molar-refractivity contribution is -0.128. The Morgan fingerprint density at radius 2 is 2.16 bits per heavy atom. The highest BCUT2D eigenvalue weighted by Gasteiger charge is 2.28. The van der Waals surface area contributed by atoms with Crippen LogP contribution in [0, 0.1) is 13.8 Å². The number of benzene rings is 1. The van der Waals surface area contributed by atoms with E-state index in [1.165, 1.54) is 11.1 Å². The molecule has 1 aliphatic rings. The van der Waals surface area contributed by atoms with Gasteiger partial charge in [0.2, 0.25) is 5.91 Å². The fourth-order valence-electron chi connectivity index (χ4n) is 3.42. The van der Waals surface area contributed by atoms with Crippen LogP contribution < -0.4 is 5.32 Å². The summed E-state index contributed by atoms with van der Waals surface area (Å²) in [6.45, 7) is 6.21. The zero-order valence-electron chi connectivity index (χ0n) is 15.0. The van der Waals surface area contributed by atoms with Gasteiger partial charge < -0.3 is 5.32 Å². The highest BCUT2D eigenvalue weighted by Crippen LogP contribution is 2.20. The molecule has 132 valence electrons. The van der Waals surface area contributed by atoms with E-state index in [0.29, 0.717) is 6.54 Å². The first-order valence-corrected chi connectivity index (χ1v) is 8.97. The molecule has 2 aromatic rings. The second kappa shape index (κ2) is 8.21. The lowest BCUT2D eigenvalue weighted by Crippen LogP contribution is -2.48. The fourth-order valence-corrected chi connectivity index (χ4v) is 3.42. The van der Waals surface area contributed by atoms with Crippen LogP contribution in [0.15, 0.2) is 36.5 Å². The SMILES string of the molecule is Cc1cccc(CN2CCCCC2C(=O)NCc2ccnc(C)n2)c1. The lowest BCUT2D eigenvalue weighted by atomic mass is 10.00. The van der Waals surface area contributed by atoms with Crippen molar-refractivity contribution in [1.82, 2.24) is 20.2 Å². The quantitative estimate of drug-likeness (QED) is 0.911. The predicted octanol–water partition coefficient (Wildman–Crippen LogP) is 2.76. The summed E-state index contributed by atoms with van der Waals surface area (Å²) in [4.78, 5) is 23.5. The van der Waals surface area contributed by atoms with Crippen molar-refractivity contribution in [3.63, 3.8) is 0 Å². The van der Waals surface area contributed by atoms with E-state index in [1.54, 1.807) is 6.20 Å². The first kappa shape index (κ1) is 17.5. The van der Waals surface area contributed by atoms with Gasteiger partial charge in [-0.25, -0.2) is 9.97 Å². The van der Waals surface area contributed by atoms with Crippen molar-refractivity contribution in [3.05, 3.63) is 59.2 Å². The summed E-state index contributed by atoms with van der Waals surface area (Å²) in [7, 11) is 0. The van der Waals surface area contributed by atoms with Crippen LogP contribution in [0.5, 0.6) is 0 Å². The number of aryl methyl sites for hydroxylation is 2. The Bertz CT molecular complexity index is 731. The van der Waals surface area contributed by atoms with Gasteiger partial charge in [0.1, 0.15) is 5.82 Å². The molecule has 0 radical (unpaired) electrons. The number of aromatic nitrogens is 2. The van der Waals surface area contributed by atoms with Crippen molar-refractivity contribution in [3.8, 4) is 0 Å². The van der Waals surface area contributed by atoms with Crippen LogP contribution in [0.25, 0.3) is 0 Å². The van der Waals surface area contributed by atoms with E-state index in [1.807, 2.05) is 13.0 Å². The van der Waals surface area contributed by atoms with Crippen molar-refractivity contribution in [2.75, 3.05) is 6.54 Å². The number of carbonyl (C=O) groups is 1. The van der Waals surface area contributed by atoms with Crippen LogP contribution in [0.3, 0.4) is 0 Å². The molecule has 1 aromatic carbocycles. The number of piperidine rings is 1. The van der Waals surface area contributed by atoms with E-state index in [0.717, 1.165) is 43.9 Å². The maximum atomic E-state index is 12.7. The Morgan fingerprint density at radius 1 is 1.28 bits per heavy atom. The number of nitrogens with one attached hydrogen (secondary N) is 1. The van der Waals surface area contributed by atoms with Gasteiger partial charge in [0.25, 0.3) is 0 Å². The van der Waals surface area contributed by atoms with Crippen molar-refractivity contribution in [2.45, 2.75) is 52.2 Å². The Morgan fingerprint density at radius 3 is 2.96 bits per heavy atom. The Kier molecular flexibility index (Phi) is 5.76. The summed E-state index contributed by atoms with van der Waals surface area (Å²) in [6, 6.07) is 10.3. The summed E-state index contributed by atoms with van der Waals surface area (Å²) >= 11 is 0. The molecule has 3 rings (SSSR count). The first-order chi connectivity index (χ1) is 12.1. The number of amides is 1. The van der Waals surface area contributed by atoms with Gasteiger partial charge in [0.15, 0.2) is 0 Å². The number of nitrogens with zero attached hydrogens (tertiary/aromatic N) is 3. The predicted molar refractivity (Wildman–Crippen MR) is 97.8 cm³/mol. The minimum atomic E-state index is -0.0582. The van der Waals surface area contributed by atoms with Gasteiger partial charge in [-0.05, 0) is 44.9 Å². The van der Waals surface area contributed by atoms with Crippen molar-refractivity contribution >= 4 is 5.91 Å². The summed E-state index contributed by atoms with van der Waals surface area (Å²) in [5.41, 5.74) is 3.38. The molecule has 1 unspecified atom stereocenters. The molecule has 0 aliphatic carbocycles. The van der Waals surface area contributed by atoms with Gasteiger partial charge in [-0.1, -0.05) is 36.2 Å². The molecule has 5 nitrogen and oxygen atoms in total. The van der Waals surface area contributed by atoms with Crippen LogP contribution in [-0.2, 0) is 17.9 Å². The molecule has 0 saturated carbocycles. The number of carbonyl (C=O) groups excluding carboxylic acids is 1. The van der Waals surface area contributed by atoms with E-state index in [9.17, 15) is 4.79 Å². The third-order valence-electron chi connectivity index (χ3n) is 4.66. The highest BCUT2D eigenvalue weighted by molar-refractivity contribution is 5.81. The van der Waals surface area contributed by atoms with E-state index < -0.39 is 0 Å². The van der Waals surface area contributed by atoms with E-state index >= 15 is 0 Å². The minimum absolute atomic E-state index is 0.0582. The van der Waals surface area contributed by atoms with Gasteiger partial charge in [-0.2, -0.15) is 0 Å². The molecule has 1 atom stereocenters. The molecule has 1 N–H and O–H groups in total. The highest BCUT2D eigenvalue weighted by atomic mass is 16.2. The number of likely N-dealkylation sites (tertiary alicyclic amines) is 1.